The Morgan fingerprint density at radius 2 is 1.71 bits per heavy atom. The molecule has 0 aromatic heterocycles. The lowest BCUT2D eigenvalue weighted by Gasteiger charge is -2.10. The fourth-order valence-corrected chi connectivity index (χ4v) is 2.64. The van der Waals surface area contributed by atoms with Gasteiger partial charge in [0.05, 0.1) is 30.1 Å². The van der Waals surface area contributed by atoms with Gasteiger partial charge in [0.2, 0.25) is 0 Å². The standard InChI is InChI=1S/C14H12FNO4S/c1-19-12-8-14(13(20-2)7-11(12)16(17)18)21-10-5-3-9(15)4-6-10/h3-8H,1-2H3. The number of nitrogens with zero attached hydrogens (tertiary/aromatic N) is 1. The SMILES string of the molecule is COc1cc([N+](=O)[O-])c(OC)cc1Sc1ccc(F)cc1. The first-order valence-electron chi connectivity index (χ1n) is 5.89. The monoisotopic (exact) mass is 309 g/mol. The quantitative estimate of drug-likeness (QED) is 0.619. The van der Waals surface area contributed by atoms with Gasteiger partial charge < -0.3 is 9.47 Å². The van der Waals surface area contributed by atoms with Crippen molar-refractivity contribution >= 4 is 17.4 Å². The molecular weight excluding hydrogens is 297 g/mol. The molecule has 0 spiro atoms. The summed E-state index contributed by atoms with van der Waals surface area (Å²) in [5.74, 6) is 0.176. The van der Waals surface area contributed by atoms with E-state index in [1.807, 2.05) is 0 Å². The maximum absolute atomic E-state index is 12.9. The van der Waals surface area contributed by atoms with Crippen LogP contribution in [-0.4, -0.2) is 19.1 Å². The largest absolute Gasteiger partial charge is 0.495 e. The van der Waals surface area contributed by atoms with Gasteiger partial charge >= 0.3 is 5.69 Å². The van der Waals surface area contributed by atoms with Crippen LogP contribution in [0.1, 0.15) is 0 Å². The minimum Gasteiger partial charge on any atom is -0.495 e. The average molecular weight is 309 g/mol. The summed E-state index contributed by atoms with van der Waals surface area (Å²) in [5, 5.41) is 11.0. The number of ether oxygens (including phenoxy) is 2. The van der Waals surface area contributed by atoms with Crippen LogP contribution in [0.5, 0.6) is 11.5 Å². The van der Waals surface area contributed by atoms with E-state index in [0.717, 1.165) is 4.90 Å². The van der Waals surface area contributed by atoms with Crippen LogP contribution in [-0.2, 0) is 0 Å². The third-order valence-electron chi connectivity index (χ3n) is 2.70. The van der Waals surface area contributed by atoms with Crippen LogP contribution in [0.25, 0.3) is 0 Å². The summed E-state index contributed by atoms with van der Waals surface area (Å²) in [6.07, 6.45) is 0. The van der Waals surface area contributed by atoms with Crippen LogP contribution in [0.2, 0.25) is 0 Å². The molecule has 0 aliphatic rings. The van der Waals surface area contributed by atoms with Crippen LogP contribution in [0.15, 0.2) is 46.2 Å². The Morgan fingerprint density at radius 1 is 1.10 bits per heavy atom. The van der Waals surface area contributed by atoms with E-state index in [2.05, 4.69) is 0 Å². The molecule has 0 saturated heterocycles. The smallest absolute Gasteiger partial charge is 0.314 e. The number of hydrogen-bond donors (Lipinski definition) is 0. The van der Waals surface area contributed by atoms with Gasteiger partial charge in [-0.1, -0.05) is 11.8 Å². The molecule has 0 aliphatic heterocycles. The van der Waals surface area contributed by atoms with Gasteiger partial charge in [-0.25, -0.2) is 4.39 Å². The van der Waals surface area contributed by atoms with Gasteiger partial charge in [0.15, 0.2) is 5.75 Å². The van der Waals surface area contributed by atoms with Gasteiger partial charge in [-0.15, -0.1) is 0 Å². The Morgan fingerprint density at radius 3 is 2.24 bits per heavy atom. The molecule has 0 aliphatic carbocycles. The molecule has 0 atom stereocenters. The maximum atomic E-state index is 12.9. The van der Waals surface area contributed by atoms with Gasteiger partial charge in [0.25, 0.3) is 0 Å². The lowest BCUT2D eigenvalue weighted by Crippen LogP contribution is -1.96. The highest BCUT2D eigenvalue weighted by molar-refractivity contribution is 7.99. The van der Waals surface area contributed by atoms with E-state index in [9.17, 15) is 14.5 Å². The first-order valence-corrected chi connectivity index (χ1v) is 6.70. The van der Waals surface area contributed by atoms with E-state index in [1.54, 1.807) is 12.1 Å². The molecule has 0 heterocycles. The van der Waals surface area contributed by atoms with E-state index >= 15 is 0 Å². The predicted molar refractivity (Wildman–Crippen MR) is 76.7 cm³/mol. The summed E-state index contributed by atoms with van der Waals surface area (Å²) in [6, 6.07) is 8.77. The van der Waals surface area contributed by atoms with E-state index in [-0.39, 0.29) is 17.3 Å². The zero-order valence-electron chi connectivity index (χ0n) is 11.3. The van der Waals surface area contributed by atoms with Gasteiger partial charge in [0, 0.05) is 11.0 Å². The number of halogens is 1. The fourth-order valence-electron chi connectivity index (χ4n) is 1.71. The molecule has 2 aromatic carbocycles. The first kappa shape index (κ1) is 15.1. The van der Waals surface area contributed by atoms with Crippen molar-refractivity contribution in [3.8, 4) is 11.5 Å². The summed E-state index contributed by atoms with van der Waals surface area (Å²) in [7, 11) is 2.79. The molecule has 0 fully saturated rings. The van der Waals surface area contributed by atoms with Crippen molar-refractivity contribution in [2.45, 2.75) is 9.79 Å². The molecule has 110 valence electrons. The molecule has 0 radical (unpaired) electrons. The Bertz CT molecular complexity index is 661. The van der Waals surface area contributed by atoms with Gasteiger partial charge in [-0.3, -0.25) is 10.1 Å². The van der Waals surface area contributed by atoms with Crippen molar-refractivity contribution in [3.05, 3.63) is 52.3 Å². The molecular formula is C14H12FNO4S. The number of nitro benzene ring substituents is 1. The van der Waals surface area contributed by atoms with Crippen LogP contribution >= 0.6 is 11.8 Å². The van der Waals surface area contributed by atoms with Crippen LogP contribution in [0.4, 0.5) is 10.1 Å². The predicted octanol–water partition coefficient (Wildman–Crippen LogP) is 3.90. The van der Waals surface area contributed by atoms with E-state index in [0.29, 0.717) is 10.6 Å². The van der Waals surface area contributed by atoms with Gasteiger partial charge in [-0.05, 0) is 24.3 Å². The molecule has 21 heavy (non-hydrogen) atoms. The van der Waals surface area contributed by atoms with E-state index < -0.39 is 4.92 Å². The van der Waals surface area contributed by atoms with Crippen molar-refractivity contribution in [2.75, 3.05) is 14.2 Å². The molecule has 0 saturated carbocycles. The second kappa shape index (κ2) is 6.45. The average Bonchev–Trinajstić information content (AvgIpc) is 2.48. The zero-order chi connectivity index (χ0) is 15.4. The zero-order valence-corrected chi connectivity index (χ0v) is 12.1. The molecule has 0 N–H and O–H groups in total. The van der Waals surface area contributed by atoms with Crippen molar-refractivity contribution in [1.29, 1.82) is 0 Å². The molecule has 7 heteroatoms. The third kappa shape index (κ3) is 3.43. The topological polar surface area (TPSA) is 61.6 Å². The number of benzene rings is 2. The highest BCUT2D eigenvalue weighted by atomic mass is 32.2. The lowest BCUT2D eigenvalue weighted by molar-refractivity contribution is -0.385. The van der Waals surface area contributed by atoms with Gasteiger partial charge in [-0.2, -0.15) is 0 Å². The van der Waals surface area contributed by atoms with Crippen LogP contribution in [0, 0.1) is 15.9 Å². The minimum atomic E-state index is -0.534. The minimum absolute atomic E-state index is 0.144. The van der Waals surface area contributed by atoms with E-state index in [1.165, 1.54) is 50.2 Å². The number of methoxy groups -OCH3 is 2. The number of nitro groups is 1. The van der Waals surface area contributed by atoms with Crippen molar-refractivity contribution in [2.24, 2.45) is 0 Å². The number of hydrogen-bond acceptors (Lipinski definition) is 5. The molecule has 0 unspecified atom stereocenters. The number of rotatable bonds is 5. The Hall–Kier alpha value is -2.28. The Labute approximate surface area is 124 Å². The van der Waals surface area contributed by atoms with Gasteiger partial charge in [0.1, 0.15) is 11.6 Å². The lowest BCUT2D eigenvalue weighted by atomic mass is 10.3. The molecule has 2 aromatic rings. The van der Waals surface area contributed by atoms with Crippen LogP contribution < -0.4 is 9.47 Å². The second-order valence-electron chi connectivity index (χ2n) is 3.99. The summed E-state index contributed by atoms with van der Waals surface area (Å²) in [6.45, 7) is 0. The fraction of sp³-hybridized carbons (Fsp3) is 0.143. The van der Waals surface area contributed by atoms with Crippen molar-refractivity contribution < 1.29 is 18.8 Å². The highest BCUT2D eigenvalue weighted by Crippen LogP contribution is 2.42. The normalized spacial score (nSPS) is 10.2. The Kier molecular flexibility index (Phi) is 4.64. The molecule has 0 amide bonds. The Balaban J connectivity index is 2.42. The first-order chi connectivity index (χ1) is 10.0. The summed E-state index contributed by atoms with van der Waals surface area (Å²) < 4.78 is 23.1. The third-order valence-corrected chi connectivity index (χ3v) is 3.75. The summed E-state index contributed by atoms with van der Waals surface area (Å²) in [4.78, 5) is 11.9. The van der Waals surface area contributed by atoms with Crippen molar-refractivity contribution in [1.82, 2.24) is 0 Å². The summed E-state index contributed by atoms with van der Waals surface area (Å²) in [5.41, 5.74) is -0.169. The summed E-state index contributed by atoms with van der Waals surface area (Å²) >= 11 is 1.30. The highest BCUT2D eigenvalue weighted by Gasteiger charge is 2.20. The van der Waals surface area contributed by atoms with Crippen molar-refractivity contribution in [3.63, 3.8) is 0 Å². The van der Waals surface area contributed by atoms with E-state index in [4.69, 9.17) is 9.47 Å². The second-order valence-corrected chi connectivity index (χ2v) is 5.10. The molecule has 5 nitrogen and oxygen atoms in total. The molecule has 0 bridgehead atoms. The van der Waals surface area contributed by atoms with Crippen LogP contribution in [0.3, 0.4) is 0 Å². The maximum Gasteiger partial charge on any atom is 0.314 e. The molecule has 2 rings (SSSR count).